The average molecular weight is 378 g/mol. The van der Waals surface area contributed by atoms with Gasteiger partial charge in [0.25, 0.3) is 0 Å². The Morgan fingerprint density at radius 2 is 1.85 bits per heavy atom. The highest BCUT2D eigenvalue weighted by Crippen LogP contribution is 2.46. The van der Waals surface area contributed by atoms with E-state index in [0.29, 0.717) is 11.1 Å². The van der Waals surface area contributed by atoms with Crippen LogP contribution in [0, 0.1) is 0 Å². The summed E-state index contributed by atoms with van der Waals surface area (Å²) >= 11 is 0. The van der Waals surface area contributed by atoms with E-state index in [1.165, 1.54) is 27.2 Å². The van der Waals surface area contributed by atoms with Crippen LogP contribution in [0.15, 0.2) is 11.6 Å². The number of carboxylic acid groups (broad SMARTS) is 1. The highest BCUT2D eigenvalue weighted by molar-refractivity contribution is 6.19. The van der Waals surface area contributed by atoms with E-state index in [-0.39, 0.29) is 28.7 Å². The molecular formula is C21H30O6. The Hall–Kier alpha value is -2.50. The molecule has 0 aliphatic carbocycles. The van der Waals surface area contributed by atoms with Gasteiger partial charge >= 0.3 is 5.97 Å². The standard InChI is InChI=1S/C21H30O6/c1-6-8-9-10-14(7-2)18-15(11-16(13(3)22)21(24)25)12-17(26-4)19(23)20(18)27-5/h11-12,14,23H,6-10H2,1-5H3,(H,24,25)/b16-11+. The third kappa shape index (κ3) is 5.49. The fraction of sp³-hybridized carbons (Fsp3) is 0.524. The lowest BCUT2D eigenvalue weighted by Gasteiger charge is -2.23. The van der Waals surface area contributed by atoms with Crippen molar-refractivity contribution in [3.63, 3.8) is 0 Å². The van der Waals surface area contributed by atoms with Gasteiger partial charge in [-0.15, -0.1) is 0 Å². The highest BCUT2D eigenvalue weighted by Gasteiger charge is 2.25. The zero-order chi connectivity index (χ0) is 20.6. The van der Waals surface area contributed by atoms with Crippen LogP contribution in [0.25, 0.3) is 6.08 Å². The maximum Gasteiger partial charge on any atom is 0.339 e. The molecule has 0 saturated heterocycles. The molecule has 0 saturated carbocycles. The number of hydrogen-bond acceptors (Lipinski definition) is 5. The summed E-state index contributed by atoms with van der Waals surface area (Å²) in [5.41, 5.74) is 0.890. The van der Waals surface area contributed by atoms with Crippen LogP contribution >= 0.6 is 0 Å². The van der Waals surface area contributed by atoms with Crippen molar-refractivity contribution in [2.45, 2.75) is 58.8 Å². The van der Waals surface area contributed by atoms with Crippen molar-refractivity contribution in [3.05, 3.63) is 22.8 Å². The van der Waals surface area contributed by atoms with E-state index < -0.39 is 11.8 Å². The van der Waals surface area contributed by atoms with Gasteiger partial charge in [0.15, 0.2) is 17.3 Å². The van der Waals surface area contributed by atoms with Crippen molar-refractivity contribution in [1.29, 1.82) is 0 Å². The molecule has 0 aromatic heterocycles. The van der Waals surface area contributed by atoms with Gasteiger partial charge in [0.05, 0.1) is 14.2 Å². The molecule has 1 unspecified atom stereocenters. The molecule has 0 heterocycles. The van der Waals surface area contributed by atoms with Crippen LogP contribution in [-0.4, -0.2) is 36.2 Å². The molecule has 0 radical (unpaired) electrons. The lowest BCUT2D eigenvalue weighted by atomic mass is 9.85. The summed E-state index contributed by atoms with van der Waals surface area (Å²) < 4.78 is 10.7. The average Bonchev–Trinajstić information content (AvgIpc) is 2.63. The van der Waals surface area contributed by atoms with Crippen molar-refractivity contribution in [3.8, 4) is 17.2 Å². The molecule has 2 N–H and O–H groups in total. The van der Waals surface area contributed by atoms with Gasteiger partial charge in [0.1, 0.15) is 5.57 Å². The molecule has 0 aliphatic rings. The lowest BCUT2D eigenvalue weighted by molar-refractivity contribution is -0.134. The predicted molar refractivity (Wildman–Crippen MR) is 105 cm³/mol. The Morgan fingerprint density at radius 1 is 1.19 bits per heavy atom. The number of rotatable bonds is 11. The molecule has 0 amide bonds. The second-order valence-corrected chi connectivity index (χ2v) is 6.48. The van der Waals surface area contributed by atoms with Crippen LogP contribution < -0.4 is 9.47 Å². The highest BCUT2D eigenvalue weighted by atomic mass is 16.5. The summed E-state index contributed by atoms with van der Waals surface area (Å²) in [4.78, 5) is 23.2. The Morgan fingerprint density at radius 3 is 2.30 bits per heavy atom. The molecule has 27 heavy (non-hydrogen) atoms. The molecule has 1 rings (SSSR count). The van der Waals surface area contributed by atoms with Gasteiger partial charge < -0.3 is 19.7 Å². The summed E-state index contributed by atoms with van der Waals surface area (Å²) in [6, 6.07) is 1.56. The monoisotopic (exact) mass is 378 g/mol. The number of phenolic OH excluding ortho intramolecular Hbond substituents is 1. The van der Waals surface area contributed by atoms with Gasteiger partial charge in [-0.3, -0.25) is 4.79 Å². The molecule has 0 aliphatic heterocycles. The number of Topliss-reactive ketones (excluding diaryl/α,β-unsaturated/α-hetero) is 1. The zero-order valence-corrected chi connectivity index (χ0v) is 16.8. The van der Waals surface area contributed by atoms with Crippen molar-refractivity contribution in [1.82, 2.24) is 0 Å². The van der Waals surface area contributed by atoms with E-state index in [2.05, 4.69) is 6.92 Å². The fourth-order valence-corrected chi connectivity index (χ4v) is 3.22. The molecule has 1 aromatic rings. The Balaban J connectivity index is 3.69. The number of aliphatic carboxylic acids is 1. The van der Waals surface area contributed by atoms with Crippen LogP contribution in [0.2, 0.25) is 0 Å². The molecule has 1 atom stereocenters. The van der Waals surface area contributed by atoms with Crippen molar-refractivity contribution in [2.75, 3.05) is 14.2 Å². The van der Waals surface area contributed by atoms with Crippen LogP contribution in [0.4, 0.5) is 0 Å². The first-order valence-corrected chi connectivity index (χ1v) is 9.25. The number of ketones is 1. The number of carboxylic acids is 1. The van der Waals surface area contributed by atoms with Gasteiger partial charge in [0.2, 0.25) is 5.75 Å². The summed E-state index contributed by atoms with van der Waals surface area (Å²) in [5.74, 6) is -1.48. The molecule has 6 nitrogen and oxygen atoms in total. The normalized spacial score (nSPS) is 12.6. The topological polar surface area (TPSA) is 93.1 Å². The molecular weight excluding hydrogens is 348 g/mol. The fourth-order valence-electron chi connectivity index (χ4n) is 3.22. The molecule has 0 spiro atoms. The second kappa shape index (κ2) is 10.6. The minimum Gasteiger partial charge on any atom is -0.502 e. The van der Waals surface area contributed by atoms with E-state index in [1.807, 2.05) is 6.92 Å². The van der Waals surface area contributed by atoms with Crippen molar-refractivity contribution < 1.29 is 29.3 Å². The SMILES string of the molecule is CCCCCC(CC)c1c(/C=C(\C(C)=O)C(=O)O)cc(OC)c(O)c1OC. The van der Waals surface area contributed by atoms with Gasteiger partial charge in [-0.05, 0) is 43.4 Å². The Bertz CT molecular complexity index is 689. The van der Waals surface area contributed by atoms with Gasteiger partial charge in [0, 0.05) is 5.56 Å². The van der Waals surface area contributed by atoms with Crippen LogP contribution in [0.5, 0.6) is 17.2 Å². The first-order chi connectivity index (χ1) is 12.8. The molecule has 6 heteroatoms. The van der Waals surface area contributed by atoms with E-state index >= 15 is 0 Å². The van der Waals surface area contributed by atoms with Crippen LogP contribution in [-0.2, 0) is 9.59 Å². The van der Waals surface area contributed by atoms with E-state index in [9.17, 15) is 19.8 Å². The first kappa shape index (κ1) is 22.5. The molecule has 0 fully saturated rings. The summed E-state index contributed by atoms with van der Waals surface area (Å²) in [6.07, 6.45) is 6.17. The molecule has 0 bridgehead atoms. The van der Waals surface area contributed by atoms with Gasteiger partial charge in [-0.1, -0.05) is 33.1 Å². The summed E-state index contributed by atoms with van der Waals surface area (Å²) in [5, 5.41) is 19.9. The van der Waals surface area contributed by atoms with E-state index in [1.54, 1.807) is 6.07 Å². The number of methoxy groups -OCH3 is 2. The summed E-state index contributed by atoms with van der Waals surface area (Å²) in [6.45, 7) is 5.38. The maximum absolute atomic E-state index is 11.8. The number of ether oxygens (including phenoxy) is 2. The third-order valence-electron chi connectivity index (χ3n) is 4.68. The second-order valence-electron chi connectivity index (χ2n) is 6.48. The Kier molecular flexibility index (Phi) is 8.85. The predicted octanol–water partition coefficient (Wildman–Crippen LogP) is 4.54. The molecule has 1 aromatic carbocycles. The number of carbonyl (C=O) groups excluding carboxylic acids is 1. The smallest absolute Gasteiger partial charge is 0.339 e. The minimum atomic E-state index is -1.29. The maximum atomic E-state index is 11.8. The lowest BCUT2D eigenvalue weighted by Crippen LogP contribution is -2.10. The third-order valence-corrected chi connectivity index (χ3v) is 4.68. The number of aromatic hydroxyl groups is 1. The van der Waals surface area contributed by atoms with Crippen molar-refractivity contribution in [2.24, 2.45) is 0 Å². The largest absolute Gasteiger partial charge is 0.502 e. The van der Waals surface area contributed by atoms with E-state index in [0.717, 1.165) is 32.1 Å². The molecule has 150 valence electrons. The zero-order valence-electron chi connectivity index (χ0n) is 16.8. The van der Waals surface area contributed by atoms with E-state index in [4.69, 9.17) is 9.47 Å². The first-order valence-electron chi connectivity index (χ1n) is 9.25. The van der Waals surface area contributed by atoms with Gasteiger partial charge in [-0.2, -0.15) is 0 Å². The minimum absolute atomic E-state index is 0.0524. The van der Waals surface area contributed by atoms with Gasteiger partial charge in [-0.25, -0.2) is 4.79 Å². The van der Waals surface area contributed by atoms with Crippen LogP contribution in [0.1, 0.15) is 69.9 Å². The summed E-state index contributed by atoms with van der Waals surface area (Å²) in [7, 11) is 2.86. The number of hydrogen-bond donors (Lipinski definition) is 2. The Labute approximate surface area is 160 Å². The number of phenols is 1. The van der Waals surface area contributed by atoms with Crippen molar-refractivity contribution >= 4 is 17.8 Å². The van der Waals surface area contributed by atoms with Crippen LogP contribution in [0.3, 0.4) is 0 Å². The quantitative estimate of drug-likeness (QED) is 0.254. The number of carbonyl (C=O) groups is 2. The number of benzene rings is 1. The number of unbranched alkanes of at least 4 members (excludes halogenated alkanes) is 2.